The molecule has 9 nitrogen and oxygen atoms in total. The van der Waals surface area contributed by atoms with Crippen LogP contribution in [0.15, 0.2) is 15.8 Å². The van der Waals surface area contributed by atoms with Crippen molar-refractivity contribution in [1.29, 1.82) is 0 Å². The number of hydrogen-bond donors (Lipinski definition) is 3. The minimum atomic E-state index is -1.11. The van der Waals surface area contributed by atoms with Gasteiger partial charge in [-0.25, -0.2) is 4.79 Å². The molecule has 1 aliphatic rings. The number of carboxylic acids is 1. The summed E-state index contributed by atoms with van der Waals surface area (Å²) in [5, 5.41) is 12.2. The van der Waals surface area contributed by atoms with Crippen LogP contribution in [0.1, 0.15) is 18.4 Å². The summed E-state index contributed by atoms with van der Waals surface area (Å²) in [5.74, 6) is -1.59. The Balaban J connectivity index is 2.13. The van der Waals surface area contributed by atoms with Gasteiger partial charge in [0.15, 0.2) is 0 Å². The van der Waals surface area contributed by atoms with Crippen LogP contribution in [0.4, 0.5) is 0 Å². The highest BCUT2D eigenvalue weighted by Gasteiger charge is 2.23. The first-order chi connectivity index (χ1) is 10.9. The van der Waals surface area contributed by atoms with Crippen LogP contribution >= 0.6 is 0 Å². The molecule has 1 saturated heterocycles. The fourth-order valence-electron chi connectivity index (χ4n) is 2.58. The number of rotatable bonds is 6. The Morgan fingerprint density at radius 1 is 1.43 bits per heavy atom. The number of hydrogen-bond acceptors (Lipinski definition) is 5. The van der Waals surface area contributed by atoms with E-state index in [9.17, 15) is 19.2 Å². The van der Waals surface area contributed by atoms with E-state index < -0.39 is 29.7 Å². The summed E-state index contributed by atoms with van der Waals surface area (Å²) in [4.78, 5) is 49.7. The molecule has 1 unspecified atom stereocenters. The molecule has 0 saturated carbocycles. The number of nitrogens with one attached hydrogen (secondary N) is 2. The van der Waals surface area contributed by atoms with Gasteiger partial charge in [0.25, 0.3) is 5.56 Å². The SMILES string of the molecule is Cc1cn(CC(=O)N(CC(=O)O)CC2CCCN2)c(=O)[nH]c1=O. The van der Waals surface area contributed by atoms with Gasteiger partial charge >= 0.3 is 11.7 Å². The van der Waals surface area contributed by atoms with Crippen LogP contribution in [0.2, 0.25) is 0 Å². The van der Waals surface area contributed by atoms with Gasteiger partial charge in [-0.05, 0) is 26.3 Å². The monoisotopic (exact) mass is 324 g/mol. The summed E-state index contributed by atoms with van der Waals surface area (Å²) in [6.45, 7) is 1.92. The maximum Gasteiger partial charge on any atom is 0.328 e. The van der Waals surface area contributed by atoms with Crippen LogP contribution in [0.5, 0.6) is 0 Å². The number of nitrogens with zero attached hydrogens (tertiary/aromatic N) is 2. The molecule has 0 radical (unpaired) electrons. The number of aromatic amines is 1. The number of H-pyrrole nitrogens is 1. The number of aryl methyl sites for hydroxylation is 1. The van der Waals surface area contributed by atoms with Gasteiger partial charge in [-0.3, -0.25) is 23.9 Å². The molecule has 1 aliphatic heterocycles. The summed E-state index contributed by atoms with van der Waals surface area (Å²) < 4.78 is 1.08. The summed E-state index contributed by atoms with van der Waals surface area (Å²) in [5.41, 5.74) is -0.890. The van der Waals surface area contributed by atoms with E-state index in [1.807, 2.05) is 0 Å². The Labute approximate surface area is 131 Å². The fourth-order valence-corrected chi connectivity index (χ4v) is 2.58. The molecule has 0 aromatic carbocycles. The smallest absolute Gasteiger partial charge is 0.328 e. The quantitative estimate of drug-likeness (QED) is 0.585. The Kier molecular flexibility index (Phi) is 5.32. The maximum atomic E-state index is 12.4. The summed E-state index contributed by atoms with van der Waals surface area (Å²) in [6.07, 6.45) is 3.16. The van der Waals surface area contributed by atoms with Crippen molar-refractivity contribution in [1.82, 2.24) is 19.8 Å². The zero-order valence-corrected chi connectivity index (χ0v) is 12.9. The largest absolute Gasteiger partial charge is 0.480 e. The van der Waals surface area contributed by atoms with Gasteiger partial charge in [-0.1, -0.05) is 0 Å². The summed E-state index contributed by atoms with van der Waals surface area (Å²) >= 11 is 0. The number of aliphatic carboxylic acids is 1. The highest BCUT2D eigenvalue weighted by atomic mass is 16.4. The van der Waals surface area contributed by atoms with Gasteiger partial charge in [0.1, 0.15) is 13.1 Å². The van der Waals surface area contributed by atoms with E-state index in [1.165, 1.54) is 18.0 Å². The second-order valence-corrected chi connectivity index (χ2v) is 5.66. The van der Waals surface area contributed by atoms with Crippen LogP contribution in [0.25, 0.3) is 0 Å². The molecule has 1 aromatic heterocycles. The molecule has 3 N–H and O–H groups in total. The molecule has 1 atom stereocenters. The lowest BCUT2D eigenvalue weighted by atomic mass is 10.2. The number of carbonyl (C=O) groups is 2. The molecule has 1 fully saturated rings. The first-order valence-corrected chi connectivity index (χ1v) is 7.40. The van der Waals surface area contributed by atoms with E-state index in [-0.39, 0.29) is 19.1 Å². The third-order valence-corrected chi connectivity index (χ3v) is 3.78. The van der Waals surface area contributed by atoms with Crippen LogP contribution in [0, 0.1) is 6.92 Å². The molecular formula is C14H20N4O5. The molecule has 2 rings (SSSR count). The van der Waals surface area contributed by atoms with E-state index >= 15 is 0 Å². The van der Waals surface area contributed by atoms with Crippen molar-refractivity contribution in [3.05, 3.63) is 32.6 Å². The Bertz CT molecular complexity index is 702. The lowest BCUT2D eigenvalue weighted by Gasteiger charge is -2.24. The number of carboxylic acid groups (broad SMARTS) is 1. The van der Waals surface area contributed by atoms with Crippen molar-refractivity contribution in [2.24, 2.45) is 0 Å². The van der Waals surface area contributed by atoms with Crippen molar-refractivity contribution < 1.29 is 14.7 Å². The molecule has 1 aromatic rings. The van der Waals surface area contributed by atoms with Gasteiger partial charge in [-0.15, -0.1) is 0 Å². The standard InChI is InChI=1S/C14H20N4O5/c1-9-5-18(14(23)16-13(9)22)7-11(19)17(8-12(20)21)6-10-3-2-4-15-10/h5,10,15H,2-4,6-8H2,1H3,(H,20,21)(H,16,22,23). The minimum absolute atomic E-state index is 0.0624. The predicted octanol–water partition coefficient (Wildman–Crippen LogP) is -1.49. The van der Waals surface area contributed by atoms with E-state index in [1.54, 1.807) is 0 Å². The van der Waals surface area contributed by atoms with E-state index in [2.05, 4.69) is 10.3 Å². The van der Waals surface area contributed by atoms with E-state index in [0.29, 0.717) is 5.56 Å². The van der Waals surface area contributed by atoms with Gasteiger partial charge < -0.3 is 15.3 Å². The van der Waals surface area contributed by atoms with Crippen LogP contribution in [-0.2, 0) is 16.1 Å². The third-order valence-electron chi connectivity index (χ3n) is 3.78. The molecule has 126 valence electrons. The van der Waals surface area contributed by atoms with Gasteiger partial charge in [0.05, 0.1) is 0 Å². The van der Waals surface area contributed by atoms with Crippen molar-refractivity contribution >= 4 is 11.9 Å². The van der Waals surface area contributed by atoms with E-state index in [4.69, 9.17) is 5.11 Å². The molecule has 23 heavy (non-hydrogen) atoms. The number of aromatic nitrogens is 2. The van der Waals surface area contributed by atoms with E-state index in [0.717, 1.165) is 24.0 Å². The molecule has 2 heterocycles. The Hall–Kier alpha value is -2.42. The zero-order chi connectivity index (χ0) is 17.0. The molecule has 9 heteroatoms. The zero-order valence-electron chi connectivity index (χ0n) is 12.9. The second kappa shape index (κ2) is 7.23. The Morgan fingerprint density at radius 2 is 2.17 bits per heavy atom. The highest BCUT2D eigenvalue weighted by Crippen LogP contribution is 2.07. The van der Waals surface area contributed by atoms with Crippen LogP contribution < -0.4 is 16.6 Å². The molecule has 1 amide bonds. The van der Waals surface area contributed by atoms with Gasteiger partial charge in [0, 0.05) is 24.3 Å². The van der Waals surface area contributed by atoms with Crippen molar-refractivity contribution in [2.75, 3.05) is 19.6 Å². The average Bonchev–Trinajstić information content (AvgIpc) is 2.96. The first-order valence-electron chi connectivity index (χ1n) is 7.40. The van der Waals surface area contributed by atoms with Gasteiger partial charge in [0.2, 0.25) is 5.91 Å². The van der Waals surface area contributed by atoms with Crippen LogP contribution in [0.3, 0.4) is 0 Å². The maximum absolute atomic E-state index is 12.4. The molecule has 0 bridgehead atoms. The second-order valence-electron chi connectivity index (χ2n) is 5.66. The predicted molar refractivity (Wildman–Crippen MR) is 81.3 cm³/mol. The number of carbonyl (C=O) groups excluding carboxylic acids is 1. The molecule has 0 aliphatic carbocycles. The average molecular weight is 324 g/mol. The summed E-state index contributed by atoms with van der Waals surface area (Å²) in [7, 11) is 0. The van der Waals surface area contributed by atoms with Crippen molar-refractivity contribution in [3.63, 3.8) is 0 Å². The lowest BCUT2D eigenvalue weighted by Crippen LogP contribution is -2.46. The Morgan fingerprint density at radius 3 is 2.78 bits per heavy atom. The normalized spacial score (nSPS) is 17.2. The van der Waals surface area contributed by atoms with Crippen molar-refractivity contribution in [3.8, 4) is 0 Å². The van der Waals surface area contributed by atoms with Crippen molar-refractivity contribution in [2.45, 2.75) is 32.4 Å². The third kappa shape index (κ3) is 4.52. The first kappa shape index (κ1) is 16.9. The van der Waals surface area contributed by atoms with Crippen LogP contribution in [-0.4, -0.2) is 57.1 Å². The molecular weight excluding hydrogens is 304 g/mol. The topological polar surface area (TPSA) is 124 Å². The minimum Gasteiger partial charge on any atom is -0.480 e. The lowest BCUT2D eigenvalue weighted by molar-refractivity contribution is -0.145. The highest BCUT2D eigenvalue weighted by molar-refractivity contribution is 5.81. The summed E-state index contributed by atoms with van der Waals surface area (Å²) in [6, 6.07) is 0.0624. The number of amides is 1. The van der Waals surface area contributed by atoms with Gasteiger partial charge in [-0.2, -0.15) is 0 Å². The fraction of sp³-hybridized carbons (Fsp3) is 0.571. The molecule has 0 spiro atoms.